The summed E-state index contributed by atoms with van der Waals surface area (Å²) in [7, 11) is 0. The zero-order valence-electron chi connectivity index (χ0n) is 37.6. The molecule has 14 aromatic rings. The molecular weight excluding hydrogens is 855 g/mol. The van der Waals surface area contributed by atoms with Crippen LogP contribution in [0.4, 0.5) is 0 Å². The third kappa shape index (κ3) is 5.19. The summed E-state index contributed by atoms with van der Waals surface area (Å²) in [6.07, 6.45) is 6.02. The Morgan fingerprint density at radius 3 is 1.30 bits per heavy atom. The van der Waals surface area contributed by atoms with Gasteiger partial charge in [-0.15, -0.1) is 0 Å². The summed E-state index contributed by atoms with van der Waals surface area (Å²) in [5.41, 5.74) is 11.9. The van der Waals surface area contributed by atoms with E-state index < -0.39 is 0 Å². The number of allylic oxidation sites excluding steroid dienone is 1. The number of fused-ring (bicyclic) bond motifs is 14. The number of rotatable bonds is 4. The van der Waals surface area contributed by atoms with Crippen LogP contribution < -0.4 is 0 Å². The summed E-state index contributed by atoms with van der Waals surface area (Å²) in [5, 5.41) is 36.5. The second-order valence-corrected chi connectivity index (χ2v) is 18.5. The zero-order chi connectivity index (χ0) is 46.2. The molecule has 10 aromatic carbocycles. The third-order valence-electron chi connectivity index (χ3n) is 14.9. The molecular formula is C64H37N5O. The molecule has 4 heterocycles. The number of benzene rings is 10. The molecule has 0 aliphatic heterocycles. The summed E-state index contributed by atoms with van der Waals surface area (Å²) in [4.78, 5) is 0. The number of hydrogen-bond acceptors (Lipinski definition) is 3. The van der Waals surface area contributed by atoms with Crippen molar-refractivity contribution in [1.29, 1.82) is 10.5 Å². The van der Waals surface area contributed by atoms with Crippen LogP contribution in [0.2, 0.25) is 0 Å². The zero-order valence-corrected chi connectivity index (χ0v) is 37.6. The summed E-state index contributed by atoms with van der Waals surface area (Å²) in [6, 6.07) is 71.9. The van der Waals surface area contributed by atoms with Gasteiger partial charge in [-0.1, -0.05) is 133 Å². The van der Waals surface area contributed by atoms with Crippen molar-refractivity contribution < 1.29 is 4.42 Å². The van der Waals surface area contributed by atoms with E-state index in [1.165, 1.54) is 5.56 Å². The highest BCUT2D eigenvalue weighted by Crippen LogP contribution is 2.50. The number of para-hydroxylation sites is 4. The molecule has 0 bridgehead atoms. The topological polar surface area (TPSA) is 75.5 Å². The predicted molar refractivity (Wildman–Crippen MR) is 286 cm³/mol. The molecule has 1 aliphatic rings. The summed E-state index contributed by atoms with van der Waals surface area (Å²) in [6.45, 7) is 0. The Labute approximate surface area is 400 Å². The SMILES string of the molecule is N#Cc1c(-n2c3cc4ccccc4cc3c3cc4ccccc4cc32)c(C#N)c(-n2c3ccccc3c3ccccc32)c(-c2ccc3oc4c(c3c2)CCC=C4)c1-n1c2ccccc2c2ccccc21. The van der Waals surface area contributed by atoms with E-state index in [4.69, 9.17) is 4.42 Å². The number of hydrogen-bond donors (Lipinski definition) is 0. The summed E-state index contributed by atoms with van der Waals surface area (Å²) in [5.74, 6) is 0.876. The van der Waals surface area contributed by atoms with Crippen LogP contribution >= 0.6 is 0 Å². The minimum atomic E-state index is 0.389. The molecule has 0 unspecified atom stereocenters. The Balaban J connectivity index is 1.24. The van der Waals surface area contributed by atoms with Crippen LogP contribution in [0.25, 0.3) is 132 Å². The fourth-order valence-electron chi connectivity index (χ4n) is 12.0. The molecule has 0 spiro atoms. The molecule has 4 aromatic heterocycles. The Hall–Kier alpha value is -9.62. The Morgan fingerprint density at radius 2 is 0.829 bits per heavy atom. The fourth-order valence-corrected chi connectivity index (χ4v) is 12.0. The minimum Gasteiger partial charge on any atom is -0.456 e. The van der Waals surface area contributed by atoms with Crippen molar-refractivity contribution in [3.63, 3.8) is 0 Å². The molecule has 0 atom stereocenters. The van der Waals surface area contributed by atoms with E-state index in [0.29, 0.717) is 28.2 Å². The van der Waals surface area contributed by atoms with Crippen LogP contribution in [0.3, 0.4) is 0 Å². The lowest BCUT2D eigenvalue weighted by Gasteiger charge is -2.26. The third-order valence-corrected chi connectivity index (χ3v) is 14.9. The molecule has 6 heteroatoms. The average Bonchev–Trinajstić information content (AvgIpc) is 4.14. The van der Waals surface area contributed by atoms with Gasteiger partial charge in [0.05, 0.1) is 50.2 Å². The van der Waals surface area contributed by atoms with Crippen LogP contribution in [0.1, 0.15) is 28.9 Å². The maximum atomic E-state index is 12.4. The van der Waals surface area contributed by atoms with E-state index in [2.05, 4.69) is 226 Å². The van der Waals surface area contributed by atoms with Crippen molar-refractivity contribution in [2.75, 3.05) is 0 Å². The van der Waals surface area contributed by atoms with Gasteiger partial charge >= 0.3 is 0 Å². The van der Waals surface area contributed by atoms with Crippen LogP contribution in [-0.4, -0.2) is 13.7 Å². The number of nitriles is 2. The van der Waals surface area contributed by atoms with Crippen LogP contribution in [0.15, 0.2) is 199 Å². The first-order valence-electron chi connectivity index (χ1n) is 23.8. The number of aryl methyl sites for hydroxylation is 1. The molecule has 0 saturated carbocycles. The van der Waals surface area contributed by atoms with Crippen molar-refractivity contribution in [1.82, 2.24) is 13.7 Å². The van der Waals surface area contributed by atoms with Crippen molar-refractivity contribution in [3.05, 3.63) is 217 Å². The van der Waals surface area contributed by atoms with Gasteiger partial charge in [0.25, 0.3) is 0 Å². The van der Waals surface area contributed by atoms with Gasteiger partial charge in [-0.2, -0.15) is 10.5 Å². The minimum absolute atomic E-state index is 0.389. The monoisotopic (exact) mass is 891 g/mol. The maximum Gasteiger partial charge on any atom is 0.135 e. The fraction of sp³-hybridized carbons (Fsp3) is 0.0312. The lowest BCUT2D eigenvalue weighted by molar-refractivity contribution is 0.595. The summed E-state index contributed by atoms with van der Waals surface area (Å²) >= 11 is 0. The van der Waals surface area contributed by atoms with Crippen LogP contribution in [0, 0.1) is 22.7 Å². The van der Waals surface area contributed by atoms with E-state index in [1.807, 2.05) is 0 Å². The normalized spacial score (nSPS) is 12.7. The van der Waals surface area contributed by atoms with Gasteiger partial charge in [-0.3, -0.25) is 0 Å². The van der Waals surface area contributed by atoms with Crippen LogP contribution in [0.5, 0.6) is 0 Å². The molecule has 1 aliphatic carbocycles. The first-order valence-corrected chi connectivity index (χ1v) is 23.8. The van der Waals surface area contributed by atoms with Crippen LogP contribution in [-0.2, 0) is 6.42 Å². The molecule has 0 amide bonds. The van der Waals surface area contributed by atoms with Gasteiger partial charge in [0.2, 0.25) is 0 Å². The Morgan fingerprint density at radius 1 is 0.400 bits per heavy atom. The van der Waals surface area contributed by atoms with E-state index in [-0.39, 0.29) is 0 Å². The van der Waals surface area contributed by atoms with Gasteiger partial charge in [-0.25, -0.2) is 0 Å². The maximum absolute atomic E-state index is 12.4. The second kappa shape index (κ2) is 14.4. The van der Waals surface area contributed by atoms with E-state index in [0.717, 1.165) is 128 Å². The highest BCUT2D eigenvalue weighted by atomic mass is 16.3. The largest absolute Gasteiger partial charge is 0.456 e. The highest BCUT2D eigenvalue weighted by Gasteiger charge is 2.33. The Bertz CT molecular complexity index is 4390. The first kappa shape index (κ1) is 38.5. The molecule has 0 fully saturated rings. The average molecular weight is 892 g/mol. The molecule has 0 saturated heterocycles. The Kier molecular flexibility index (Phi) is 7.94. The van der Waals surface area contributed by atoms with Gasteiger partial charge in [0.15, 0.2) is 0 Å². The van der Waals surface area contributed by atoms with Gasteiger partial charge in [0.1, 0.15) is 34.6 Å². The van der Waals surface area contributed by atoms with E-state index in [1.54, 1.807) is 0 Å². The predicted octanol–water partition coefficient (Wildman–Crippen LogP) is 16.4. The molecule has 6 nitrogen and oxygen atoms in total. The number of aromatic nitrogens is 3. The molecule has 0 radical (unpaired) electrons. The number of furan rings is 1. The standard InChI is InChI=1S/C64H37N5O/c65-36-51-62(69-57-34-40-17-3-1-15-38(40)31-48(57)49-32-39-16-2-4-18-41(39)35-58(49)69)52(37-66)64(68-55-26-12-7-21-45(55)46-22-8-13-27-56(46)68)61(42-29-30-60-50(33-42)47-23-9-14-28-59(47)70-60)63(51)67-53-24-10-5-19-43(53)44-20-6-11-25-54(44)67/h1-8,10-22,24-35H,9,23H2. The molecule has 70 heavy (non-hydrogen) atoms. The second-order valence-electron chi connectivity index (χ2n) is 18.5. The molecule has 0 N–H and O–H groups in total. The summed E-state index contributed by atoms with van der Waals surface area (Å²) < 4.78 is 13.3. The van der Waals surface area contributed by atoms with Crippen molar-refractivity contribution in [3.8, 4) is 40.3 Å². The van der Waals surface area contributed by atoms with Crippen molar-refractivity contribution in [2.24, 2.45) is 0 Å². The van der Waals surface area contributed by atoms with E-state index in [9.17, 15) is 10.5 Å². The number of nitrogens with zero attached hydrogens (tertiary/aromatic N) is 5. The van der Waals surface area contributed by atoms with Crippen molar-refractivity contribution in [2.45, 2.75) is 12.8 Å². The smallest absolute Gasteiger partial charge is 0.135 e. The van der Waals surface area contributed by atoms with Gasteiger partial charge in [-0.05, 0) is 107 Å². The lowest BCUT2D eigenvalue weighted by Crippen LogP contribution is -2.14. The van der Waals surface area contributed by atoms with Crippen molar-refractivity contribution >= 4 is 104 Å². The quantitative estimate of drug-likeness (QED) is 0.177. The molecule has 324 valence electrons. The van der Waals surface area contributed by atoms with Gasteiger partial charge in [0, 0.05) is 48.8 Å². The first-order chi connectivity index (χ1) is 34.7. The lowest BCUT2D eigenvalue weighted by atomic mass is 9.90. The van der Waals surface area contributed by atoms with Gasteiger partial charge < -0.3 is 18.1 Å². The van der Waals surface area contributed by atoms with E-state index >= 15 is 0 Å². The molecule has 15 rings (SSSR count). The highest BCUT2D eigenvalue weighted by molar-refractivity contribution is 6.18.